The first-order chi connectivity index (χ1) is 9.81. The van der Waals surface area contributed by atoms with Crippen LogP contribution >= 0.6 is 35.6 Å². The summed E-state index contributed by atoms with van der Waals surface area (Å²) in [4.78, 5) is 11.0. The summed E-state index contributed by atoms with van der Waals surface area (Å²) in [6.07, 6.45) is -0.203. The maximum Gasteiger partial charge on any atom is 0.305 e. The Morgan fingerprint density at radius 1 is 1.23 bits per heavy atom. The SMILES string of the molecule is CC(N)(CC(=O)O)c1cccc(-c2cccc(Cl)c2)c1Cl.Cl. The van der Waals surface area contributed by atoms with Gasteiger partial charge in [0, 0.05) is 10.6 Å². The largest absolute Gasteiger partial charge is 0.481 e. The minimum atomic E-state index is -1.04. The van der Waals surface area contributed by atoms with Gasteiger partial charge in [-0.1, -0.05) is 53.5 Å². The molecule has 3 N–H and O–H groups in total. The van der Waals surface area contributed by atoms with Gasteiger partial charge in [0.15, 0.2) is 0 Å². The van der Waals surface area contributed by atoms with Crippen molar-refractivity contribution in [1.82, 2.24) is 0 Å². The maximum atomic E-state index is 11.0. The van der Waals surface area contributed by atoms with Crippen LogP contribution in [-0.4, -0.2) is 11.1 Å². The van der Waals surface area contributed by atoms with Crippen LogP contribution in [0.25, 0.3) is 11.1 Å². The maximum absolute atomic E-state index is 11.0. The number of carbonyl (C=O) groups is 1. The van der Waals surface area contributed by atoms with Crippen molar-refractivity contribution in [2.24, 2.45) is 5.73 Å². The van der Waals surface area contributed by atoms with E-state index in [1.807, 2.05) is 24.3 Å². The van der Waals surface area contributed by atoms with Gasteiger partial charge in [0.2, 0.25) is 0 Å². The number of benzene rings is 2. The van der Waals surface area contributed by atoms with Crippen molar-refractivity contribution in [2.45, 2.75) is 18.9 Å². The Morgan fingerprint density at radius 2 is 1.86 bits per heavy atom. The fraction of sp³-hybridized carbons (Fsp3) is 0.188. The van der Waals surface area contributed by atoms with Crippen molar-refractivity contribution >= 4 is 41.6 Å². The lowest BCUT2D eigenvalue weighted by molar-refractivity contribution is -0.138. The van der Waals surface area contributed by atoms with Gasteiger partial charge in [0.05, 0.1) is 17.0 Å². The fourth-order valence-electron chi connectivity index (χ4n) is 2.26. The van der Waals surface area contributed by atoms with Crippen molar-refractivity contribution in [1.29, 1.82) is 0 Å². The zero-order valence-electron chi connectivity index (χ0n) is 11.8. The van der Waals surface area contributed by atoms with Crippen LogP contribution in [0.5, 0.6) is 0 Å². The minimum absolute atomic E-state index is 0. The Hall–Kier alpha value is -1.26. The van der Waals surface area contributed by atoms with Crippen LogP contribution in [0, 0.1) is 0 Å². The molecule has 0 spiro atoms. The van der Waals surface area contributed by atoms with Gasteiger partial charge < -0.3 is 10.8 Å². The quantitative estimate of drug-likeness (QED) is 0.828. The third-order valence-electron chi connectivity index (χ3n) is 3.27. The highest BCUT2D eigenvalue weighted by molar-refractivity contribution is 6.34. The number of hydrogen-bond acceptors (Lipinski definition) is 2. The molecule has 0 aliphatic carbocycles. The summed E-state index contributed by atoms with van der Waals surface area (Å²) in [6.45, 7) is 1.66. The van der Waals surface area contributed by atoms with E-state index in [1.54, 1.807) is 25.1 Å². The molecule has 0 saturated heterocycles. The summed E-state index contributed by atoms with van der Waals surface area (Å²) in [5, 5.41) is 10.0. The number of carboxylic acid groups (broad SMARTS) is 1. The van der Waals surface area contributed by atoms with E-state index in [2.05, 4.69) is 0 Å². The number of halogens is 3. The first-order valence-corrected chi connectivity index (χ1v) is 7.12. The van der Waals surface area contributed by atoms with Crippen LogP contribution in [0.2, 0.25) is 10.0 Å². The molecule has 0 heterocycles. The van der Waals surface area contributed by atoms with Crippen LogP contribution in [0.3, 0.4) is 0 Å². The zero-order chi connectivity index (χ0) is 15.6. The lowest BCUT2D eigenvalue weighted by Gasteiger charge is -2.25. The number of nitrogens with two attached hydrogens (primary N) is 1. The molecule has 0 fully saturated rings. The number of rotatable bonds is 4. The number of aliphatic carboxylic acids is 1. The molecule has 0 saturated carbocycles. The Bertz CT molecular complexity index is 687. The van der Waals surface area contributed by atoms with Crippen LogP contribution in [0.4, 0.5) is 0 Å². The van der Waals surface area contributed by atoms with Crippen molar-refractivity contribution in [3.8, 4) is 11.1 Å². The molecular weight excluding hydrogens is 345 g/mol. The molecule has 1 atom stereocenters. The normalized spacial score (nSPS) is 13.1. The molecule has 1 unspecified atom stereocenters. The van der Waals surface area contributed by atoms with Crippen molar-refractivity contribution in [3.63, 3.8) is 0 Å². The Labute approximate surface area is 145 Å². The van der Waals surface area contributed by atoms with Crippen LogP contribution in [0.1, 0.15) is 18.9 Å². The third-order valence-corrected chi connectivity index (χ3v) is 3.91. The molecule has 0 aliphatic heterocycles. The van der Waals surface area contributed by atoms with E-state index in [-0.39, 0.29) is 18.8 Å². The topological polar surface area (TPSA) is 63.3 Å². The highest BCUT2D eigenvalue weighted by atomic mass is 35.5. The van der Waals surface area contributed by atoms with Crippen LogP contribution in [0.15, 0.2) is 42.5 Å². The second kappa shape index (κ2) is 7.34. The summed E-state index contributed by atoms with van der Waals surface area (Å²) < 4.78 is 0. The third kappa shape index (κ3) is 4.14. The molecule has 2 aromatic rings. The lowest BCUT2D eigenvalue weighted by atomic mass is 9.87. The Morgan fingerprint density at radius 3 is 2.45 bits per heavy atom. The van der Waals surface area contributed by atoms with Gasteiger partial charge in [-0.2, -0.15) is 0 Å². The number of carboxylic acids is 1. The fourth-order valence-corrected chi connectivity index (χ4v) is 2.90. The minimum Gasteiger partial charge on any atom is -0.481 e. The van der Waals surface area contributed by atoms with E-state index in [9.17, 15) is 4.79 Å². The van der Waals surface area contributed by atoms with E-state index >= 15 is 0 Å². The molecule has 118 valence electrons. The van der Waals surface area contributed by atoms with Crippen LogP contribution in [-0.2, 0) is 10.3 Å². The van der Waals surface area contributed by atoms with Gasteiger partial charge in [0.25, 0.3) is 0 Å². The molecule has 22 heavy (non-hydrogen) atoms. The average Bonchev–Trinajstić information content (AvgIpc) is 2.37. The summed E-state index contributed by atoms with van der Waals surface area (Å²) in [5.41, 5.74) is 7.32. The summed E-state index contributed by atoms with van der Waals surface area (Å²) in [5.74, 6) is -0.968. The molecule has 2 rings (SSSR count). The predicted octanol–water partition coefficient (Wildman–Crippen LogP) is 4.73. The van der Waals surface area contributed by atoms with Gasteiger partial charge in [-0.05, 0) is 30.2 Å². The van der Waals surface area contributed by atoms with Crippen molar-refractivity contribution in [2.75, 3.05) is 0 Å². The summed E-state index contributed by atoms with van der Waals surface area (Å²) in [6, 6.07) is 12.7. The molecule has 0 amide bonds. The summed E-state index contributed by atoms with van der Waals surface area (Å²) in [7, 11) is 0. The molecule has 6 heteroatoms. The molecular formula is C16H16Cl3NO2. The van der Waals surface area contributed by atoms with Gasteiger partial charge in [-0.15, -0.1) is 12.4 Å². The lowest BCUT2D eigenvalue weighted by Crippen LogP contribution is -2.35. The van der Waals surface area contributed by atoms with Crippen molar-refractivity contribution in [3.05, 3.63) is 58.1 Å². The van der Waals surface area contributed by atoms with E-state index in [1.165, 1.54) is 0 Å². The van der Waals surface area contributed by atoms with Crippen molar-refractivity contribution < 1.29 is 9.90 Å². The van der Waals surface area contributed by atoms with Gasteiger partial charge in [-0.25, -0.2) is 0 Å². The van der Waals surface area contributed by atoms with E-state index in [0.717, 1.165) is 11.1 Å². The Kier molecular flexibility index (Phi) is 6.27. The molecule has 0 radical (unpaired) electrons. The summed E-state index contributed by atoms with van der Waals surface area (Å²) >= 11 is 12.4. The van der Waals surface area contributed by atoms with Gasteiger partial charge in [-0.3, -0.25) is 4.79 Å². The first kappa shape index (κ1) is 18.8. The zero-order valence-corrected chi connectivity index (χ0v) is 14.2. The monoisotopic (exact) mass is 359 g/mol. The van der Waals surface area contributed by atoms with Gasteiger partial charge in [0.1, 0.15) is 0 Å². The van der Waals surface area contributed by atoms with E-state index < -0.39 is 11.5 Å². The second-order valence-corrected chi connectivity index (χ2v) is 5.98. The second-order valence-electron chi connectivity index (χ2n) is 5.17. The smallest absolute Gasteiger partial charge is 0.305 e. The molecule has 2 aromatic carbocycles. The Balaban J connectivity index is 0.00000242. The molecule has 3 nitrogen and oxygen atoms in total. The highest BCUT2D eigenvalue weighted by Gasteiger charge is 2.28. The predicted molar refractivity (Wildman–Crippen MR) is 92.9 cm³/mol. The molecule has 0 bridgehead atoms. The average molecular weight is 361 g/mol. The standard InChI is InChI=1S/C16H15Cl2NO2.ClH/c1-16(19,9-14(20)21)13-7-3-6-12(15(13)18)10-4-2-5-11(17)8-10;/h2-8H,9,19H2,1H3,(H,20,21);1H. The number of hydrogen-bond donors (Lipinski definition) is 2. The highest BCUT2D eigenvalue weighted by Crippen LogP contribution is 2.36. The molecule has 0 aliphatic rings. The molecule has 0 aromatic heterocycles. The van der Waals surface area contributed by atoms with Crippen LogP contribution < -0.4 is 5.73 Å². The first-order valence-electron chi connectivity index (χ1n) is 6.37. The van der Waals surface area contributed by atoms with Gasteiger partial charge >= 0.3 is 5.97 Å². The van der Waals surface area contributed by atoms with E-state index in [4.69, 9.17) is 34.0 Å². The van der Waals surface area contributed by atoms with E-state index in [0.29, 0.717) is 15.6 Å².